The molecule has 164 valence electrons. The van der Waals surface area contributed by atoms with Gasteiger partial charge in [-0.3, -0.25) is 9.89 Å². The second kappa shape index (κ2) is 12.8. The Morgan fingerprint density at radius 3 is 2.62 bits per heavy atom. The molecular formula is C23H40N4O2. The second-order valence-corrected chi connectivity index (χ2v) is 8.43. The SMILES string of the molecule is CCNC(=NCC(O)COCC(C)C)NC1CCN(Cc2ccccc2C)CC1. The Labute approximate surface area is 176 Å². The summed E-state index contributed by atoms with van der Waals surface area (Å²) in [6.07, 6.45) is 1.62. The third-order valence-electron chi connectivity index (χ3n) is 5.15. The van der Waals surface area contributed by atoms with E-state index in [4.69, 9.17) is 4.74 Å². The fourth-order valence-corrected chi connectivity index (χ4v) is 3.47. The second-order valence-electron chi connectivity index (χ2n) is 8.43. The molecule has 1 aliphatic rings. The third kappa shape index (κ3) is 9.15. The molecule has 2 rings (SSSR count). The molecule has 1 heterocycles. The standard InChI is InChI=1S/C23H40N4O2/c1-5-24-23(25-14-22(28)17-29-16-18(2)3)26-21-10-12-27(13-11-21)15-20-9-7-6-8-19(20)4/h6-9,18,21-22,28H,5,10-17H2,1-4H3,(H2,24,25,26). The number of aryl methyl sites for hydroxylation is 1. The maximum absolute atomic E-state index is 10.1. The molecule has 0 aliphatic carbocycles. The highest BCUT2D eigenvalue weighted by atomic mass is 16.5. The quantitative estimate of drug-likeness (QED) is 0.413. The van der Waals surface area contributed by atoms with Gasteiger partial charge in [0.15, 0.2) is 5.96 Å². The fraction of sp³-hybridized carbons (Fsp3) is 0.696. The van der Waals surface area contributed by atoms with Crippen molar-refractivity contribution in [2.24, 2.45) is 10.9 Å². The molecule has 29 heavy (non-hydrogen) atoms. The lowest BCUT2D eigenvalue weighted by Gasteiger charge is -2.33. The van der Waals surface area contributed by atoms with Crippen molar-refractivity contribution >= 4 is 5.96 Å². The van der Waals surface area contributed by atoms with Crippen LogP contribution in [0.2, 0.25) is 0 Å². The number of ether oxygens (including phenoxy) is 1. The molecule has 0 saturated carbocycles. The maximum atomic E-state index is 10.1. The highest BCUT2D eigenvalue weighted by Gasteiger charge is 2.20. The average molecular weight is 405 g/mol. The number of benzene rings is 1. The summed E-state index contributed by atoms with van der Waals surface area (Å²) in [5.74, 6) is 1.26. The van der Waals surface area contributed by atoms with E-state index in [1.54, 1.807) is 0 Å². The Morgan fingerprint density at radius 2 is 1.97 bits per heavy atom. The van der Waals surface area contributed by atoms with Crippen LogP contribution < -0.4 is 10.6 Å². The van der Waals surface area contributed by atoms with Gasteiger partial charge in [0.05, 0.1) is 19.3 Å². The van der Waals surface area contributed by atoms with Gasteiger partial charge in [-0.1, -0.05) is 38.1 Å². The third-order valence-corrected chi connectivity index (χ3v) is 5.15. The van der Waals surface area contributed by atoms with Crippen molar-refractivity contribution in [2.75, 3.05) is 39.4 Å². The highest BCUT2D eigenvalue weighted by Crippen LogP contribution is 2.16. The minimum absolute atomic E-state index is 0.332. The predicted molar refractivity (Wildman–Crippen MR) is 120 cm³/mol. The Hall–Kier alpha value is -1.63. The Morgan fingerprint density at radius 1 is 1.24 bits per heavy atom. The van der Waals surface area contributed by atoms with E-state index >= 15 is 0 Å². The normalized spacial score (nSPS) is 17.5. The molecule has 6 nitrogen and oxygen atoms in total. The van der Waals surface area contributed by atoms with Crippen LogP contribution in [0.25, 0.3) is 0 Å². The van der Waals surface area contributed by atoms with Crippen molar-refractivity contribution in [3.05, 3.63) is 35.4 Å². The number of piperidine rings is 1. The molecule has 1 atom stereocenters. The molecule has 0 aromatic heterocycles. The number of nitrogens with zero attached hydrogens (tertiary/aromatic N) is 2. The van der Waals surface area contributed by atoms with Crippen LogP contribution in [0, 0.1) is 12.8 Å². The summed E-state index contributed by atoms with van der Waals surface area (Å²) in [5, 5.41) is 16.9. The minimum atomic E-state index is -0.569. The molecule has 0 radical (unpaired) electrons. The Bertz CT molecular complexity index is 613. The van der Waals surface area contributed by atoms with Crippen LogP contribution in [-0.4, -0.2) is 67.5 Å². The number of aliphatic imine (C=N–C) groups is 1. The van der Waals surface area contributed by atoms with Crippen LogP contribution in [-0.2, 0) is 11.3 Å². The number of nitrogens with one attached hydrogen (secondary N) is 2. The summed E-state index contributed by atoms with van der Waals surface area (Å²) >= 11 is 0. The first-order chi connectivity index (χ1) is 14.0. The smallest absolute Gasteiger partial charge is 0.191 e. The van der Waals surface area contributed by atoms with Crippen LogP contribution >= 0.6 is 0 Å². The largest absolute Gasteiger partial charge is 0.389 e. The van der Waals surface area contributed by atoms with Gasteiger partial charge in [-0.15, -0.1) is 0 Å². The summed E-state index contributed by atoms with van der Waals surface area (Å²) in [7, 11) is 0. The number of likely N-dealkylation sites (tertiary alicyclic amines) is 1. The first-order valence-electron chi connectivity index (χ1n) is 11.1. The van der Waals surface area contributed by atoms with E-state index in [2.05, 4.69) is 72.5 Å². The van der Waals surface area contributed by atoms with Gasteiger partial charge in [0, 0.05) is 38.8 Å². The van der Waals surface area contributed by atoms with Crippen LogP contribution in [0.15, 0.2) is 29.3 Å². The zero-order valence-corrected chi connectivity index (χ0v) is 18.7. The van der Waals surface area contributed by atoms with Crippen molar-refractivity contribution in [1.82, 2.24) is 15.5 Å². The lowest BCUT2D eigenvalue weighted by atomic mass is 10.0. The zero-order valence-electron chi connectivity index (χ0n) is 18.7. The number of hydrogen-bond acceptors (Lipinski definition) is 4. The Kier molecular flexibility index (Phi) is 10.5. The van der Waals surface area contributed by atoms with Crippen LogP contribution in [0.4, 0.5) is 0 Å². The lowest BCUT2D eigenvalue weighted by Crippen LogP contribution is -2.48. The van der Waals surface area contributed by atoms with Gasteiger partial charge < -0.3 is 20.5 Å². The zero-order chi connectivity index (χ0) is 21.1. The monoisotopic (exact) mass is 404 g/mol. The minimum Gasteiger partial charge on any atom is -0.389 e. The molecule has 1 aromatic rings. The summed E-state index contributed by atoms with van der Waals surface area (Å²) in [4.78, 5) is 7.08. The molecule has 1 unspecified atom stereocenters. The van der Waals surface area contributed by atoms with Gasteiger partial charge in [-0.05, 0) is 43.7 Å². The van der Waals surface area contributed by atoms with Gasteiger partial charge in [-0.25, -0.2) is 0 Å². The van der Waals surface area contributed by atoms with E-state index in [-0.39, 0.29) is 0 Å². The maximum Gasteiger partial charge on any atom is 0.191 e. The molecular weight excluding hydrogens is 364 g/mol. The fourth-order valence-electron chi connectivity index (χ4n) is 3.47. The summed E-state index contributed by atoms with van der Waals surface area (Å²) in [6, 6.07) is 9.05. The van der Waals surface area contributed by atoms with Gasteiger partial charge in [-0.2, -0.15) is 0 Å². The van der Waals surface area contributed by atoms with E-state index in [1.807, 2.05) is 0 Å². The molecule has 0 spiro atoms. The van der Waals surface area contributed by atoms with Crippen LogP contribution in [0.1, 0.15) is 44.7 Å². The first kappa shape index (κ1) is 23.6. The van der Waals surface area contributed by atoms with Gasteiger partial charge in [0.25, 0.3) is 0 Å². The molecule has 6 heteroatoms. The number of aliphatic hydroxyl groups is 1. The number of aliphatic hydroxyl groups excluding tert-OH is 1. The molecule has 1 aliphatic heterocycles. The van der Waals surface area contributed by atoms with E-state index in [0.717, 1.165) is 45.0 Å². The van der Waals surface area contributed by atoms with Crippen molar-refractivity contribution in [1.29, 1.82) is 0 Å². The number of hydrogen-bond donors (Lipinski definition) is 3. The summed E-state index contributed by atoms with van der Waals surface area (Å²) < 4.78 is 5.50. The number of rotatable bonds is 10. The lowest BCUT2D eigenvalue weighted by molar-refractivity contribution is 0.0301. The van der Waals surface area contributed by atoms with E-state index < -0.39 is 6.10 Å². The molecule has 3 N–H and O–H groups in total. The number of guanidine groups is 1. The molecule has 0 bridgehead atoms. The predicted octanol–water partition coefficient (Wildman–Crippen LogP) is 2.55. The van der Waals surface area contributed by atoms with E-state index in [1.165, 1.54) is 11.1 Å². The molecule has 1 aromatic carbocycles. The van der Waals surface area contributed by atoms with Crippen molar-refractivity contribution in [2.45, 2.75) is 59.2 Å². The van der Waals surface area contributed by atoms with Gasteiger partial charge in [0.2, 0.25) is 0 Å². The van der Waals surface area contributed by atoms with Gasteiger partial charge in [0.1, 0.15) is 0 Å². The van der Waals surface area contributed by atoms with Crippen molar-refractivity contribution in [3.63, 3.8) is 0 Å². The van der Waals surface area contributed by atoms with Crippen LogP contribution in [0.3, 0.4) is 0 Å². The van der Waals surface area contributed by atoms with Crippen molar-refractivity contribution < 1.29 is 9.84 Å². The van der Waals surface area contributed by atoms with E-state index in [0.29, 0.717) is 31.7 Å². The molecule has 1 saturated heterocycles. The molecule has 0 amide bonds. The van der Waals surface area contributed by atoms with Gasteiger partial charge >= 0.3 is 0 Å². The van der Waals surface area contributed by atoms with Crippen LogP contribution in [0.5, 0.6) is 0 Å². The average Bonchev–Trinajstić information content (AvgIpc) is 2.69. The van der Waals surface area contributed by atoms with E-state index in [9.17, 15) is 5.11 Å². The topological polar surface area (TPSA) is 69.1 Å². The summed E-state index contributed by atoms with van der Waals surface area (Å²) in [5.41, 5.74) is 2.78. The molecule has 1 fully saturated rings. The Balaban J connectivity index is 1.75. The summed E-state index contributed by atoms with van der Waals surface area (Å²) in [6.45, 7) is 13.8. The van der Waals surface area contributed by atoms with Crippen molar-refractivity contribution in [3.8, 4) is 0 Å². The highest BCUT2D eigenvalue weighted by molar-refractivity contribution is 5.80. The first-order valence-corrected chi connectivity index (χ1v) is 11.1.